The third-order valence-corrected chi connectivity index (χ3v) is 4.12. The molecule has 0 atom stereocenters. The molecular weight excluding hydrogens is 228 g/mol. The molecule has 17 heavy (non-hydrogen) atoms. The third-order valence-electron chi connectivity index (χ3n) is 2.92. The lowest BCUT2D eigenvalue weighted by Gasteiger charge is -2.10. The molecule has 0 aliphatic carbocycles. The van der Waals surface area contributed by atoms with Crippen LogP contribution in [0, 0.1) is 27.7 Å². The van der Waals surface area contributed by atoms with Crippen LogP contribution < -0.4 is 5.73 Å². The fourth-order valence-electron chi connectivity index (χ4n) is 2.31. The van der Waals surface area contributed by atoms with Crippen molar-refractivity contribution in [2.45, 2.75) is 34.2 Å². The minimum Gasteiger partial charge on any atom is -0.325 e. The van der Waals surface area contributed by atoms with E-state index in [-0.39, 0.29) is 0 Å². The first-order valence-corrected chi connectivity index (χ1v) is 6.59. The van der Waals surface area contributed by atoms with Crippen molar-refractivity contribution in [2.24, 2.45) is 5.73 Å². The summed E-state index contributed by atoms with van der Waals surface area (Å²) < 4.78 is 0. The van der Waals surface area contributed by atoms with E-state index in [1.54, 1.807) is 11.3 Å². The molecule has 0 amide bonds. The number of nitrogens with two attached hydrogens (primary N) is 1. The molecule has 0 spiro atoms. The summed E-state index contributed by atoms with van der Waals surface area (Å²) >= 11 is 1.71. The van der Waals surface area contributed by atoms with E-state index >= 15 is 0 Å². The Morgan fingerprint density at radius 3 is 2.18 bits per heavy atom. The normalized spacial score (nSPS) is 10.9. The summed E-state index contributed by atoms with van der Waals surface area (Å²) in [5, 5.41) is 1.01. The van der Waals surface area contributed by atoms with Crippen molar-refractivity contribution < 1.29 is 0 Å². The highest BCUT2D eigenvalue weighted by molar-refractivity contribution is 7.15. The molecular formula is C14H18N2S. The lowest BCUT2D eigenvalue weighted by Crippen LogP contribution is -1.94. The molecule has 1 heterocycles. The minimum absolute atomic E-state index is 0.523. The second-order valence-corrected chi connectivity index (χ2v) is 5.58. The lowest BCUT2D eigenvalue weighted by molar-refractivity contribution is 1.02. The molecule has 0 saturated heterocycles. The molecule has 0 saturated carbocycles. The number of rotatable bonds is 2. The summed E-state index contributed by atoms with van der Waals surface area (Å²) in [6.07, 6.45) is 0. The zero-order chi connectivity index (χ0) is 12.6. The summed E-state index contributed by atoms with van der Waals surface area (Å²) in [5.41, 5.74) is 12.0. The number of hydrogen-bond donors (Lipinski definition) is 1. The minimum atomic E-state index is 0.523. The van der Waals surface area contributed by atoms with Crippen molar-refractivity contribution >= 4 is 11.3 Å². The molecule has 1 aromatic heterocycles. The van der Waals surface area contributed by atoms with Gasteiger partial charge in [0, 0.05) is 6.54 Å². The van der Waals surface area contributed by atoms with Crippen molar-refractivity contribution in [3.8, 4) is 10.4 Å². The van der Waals surface area contributed by atoms with Crippen LogP contribution in [0.15, 0.2) is 12.1 Å². The number of benzene rings is 1. The van der Waals surface area contributed by atoms with E-state index in [1.165, 1.54) is 27.1 Å². The lowest BCUT2D eigenvalue weighted by atomic mass is 9.98. The maximum atomic E-state index is 5.66. The van der Waals surface area contributed by atoms with Gasteiger partial charge in [-0.1, -0.05) is 17.7 Å². The quantitative estimate of drug-likeness (QED) is 0.880. The van der Waals surface area contributed by atoms with E-state index in [4.69, 9.17) is 5.73 Å². The van der Waals surface area contributed by atoms with Crippen LogP contribution >= 0.6 is 11.3 Å². The Hall–Kier alpha value is -1.19. The van der Waals surface area contributed by atoms with Gasteiger partial charge in [0.15, 0.2) is 0 Å². The molecule has 0 aliphatic heterocycles. The van der Waals surface area contributed by atoms with Crippen LogP contribution in [0.3, 0.4) is 0 Å². The molecule has 2 aromatic rings. The number of thiazole rings is 1. The first-order valence-electron chi connectivity index (χ1n) is 5.77. The van der Waals surface area contributed by atoms with E-state index in [1.807, 2.05) is 0 Å². The molecule has 2 rings (SSSR count). The predicted octanol–water partition coefficient (Wildman–Crippen LogP) is 3.50. The zero-order valence-electron chi connectivity index (χ0n) is 10.8. The van der Waals surface area contributed by atoms with Crippen molar-refractivity contribution in [1.29, 1.82) is 0 Å². The largest absolute Gasteiger partial charge is 0.325 e. The Balaban J connectivity index is 2.63. The molecule has 90 valence electrons. The van der Waals surface area contributed by atoms with E-state index in [2.05, 4.69) is 44.8 Å². The number of hydrogen-bond acceptors (Lipinski definition) is 3. The van der Waals surface area contributed by atoms with Crippen LogP contribution in [0.2, 0.25) is 0 Å². The third kappa shape index (κ3) is 2.26. The van der Waals surface area contributed by atoms with Crippen LogP contribution in [0.4, 0.5) is 0 Å². The van der Waals surface area contributed by atoms with E-state index in [0.717, 1.165) is 10.7 Å². The molecule has 2 N–H and O–H groups in total. The van der Waals surface area contributed by atoms with Crippen LogP contribution in [0.1, 0.15) is 27.4 Å². The molecule has 0 radical (unpaired) electrons. The maximum Gasteiger partial charge on any atom is 0.107 e. The van der Waals surface area contributed by atoms with Gasteiger partial charge < -0.3 is 5.73 Å². The molecule has 0 unspecified atom stereocenters. The highest BCUT2D eigenvalue weighted by Gasteiger charge is 2.13. The monoisotopic (exact) mass is 246 g/mol. The highest BCUT2D eigenvalue weighted by atomic mass is 32.1. The van der Waals surface area contributed by atoms with Gasteiger partial charge in [-0.2, -0.15) is 0 Å². The van der Waals surface area contributed by atoms with Crippen molar-refractivity contribution in [3.05, 3.63) is 39.5 Å². The van der Waals surface area contributed by atoms with Crippen LogP contribution in [-0.4, -0.2) is 4.98 Å². The Morgan fingerprint density at radius 2 is 1.71 bits per heavy atom. The van der Waals surface area contributed by atoms with Crippen molar-refractivity contribution in [3.63, 3.8) is 0 Å². The average molecular weight is 246 g/mol. The smallest absolute Gasteiger partial charge is 0.107 e. The van der Waals surface area contributed by atoms with Gasteiger partial charge in [0.2, 0.25) is 0 Å². The van der Waals surface area contributed by atoms with Gasteiger partial charge in [0.05, 0.1) is 10.6 Å². The van der Waals surface area contributed by atoms with Gasteiger partial charge in [0.1, 0.15) is 5.01 Å². The zero-order valence-corrected chi connectivity index (χ0v) is 11.6. The number of aromatic nitrogens is 1. The second-order valence-electron chi connectivity index (χ2n) is 4.50. The molecule has 3 heteroatoms. The van der Waals surface area contributed by atoms with Crippen LogP contribution in [0.25, 0.3) is 10.4 Å². The van der Waals surface area contributed by atoms with Gasteiger partial charge in [-0.05, 0) is 44.4 Å². The number of nitrogens with zero attached hydrogens (tertiary/aromatic N) is 1. The Labute approximate surface area is 107 Å². The van der Waals surface area contributed by atoms with Crippen LogP contribution in [-0.2, 0) is 6.54 Å². The number of aryl methyl sites for hydroxylation is 4. The predicted molar refractivity (Wildman–Crippen MR) is 74.4 cm³/mol. The van der Waals surface area contributed by atoms with Crippen molar-refractivity contribution in [1.82, 2.24) is 4.98 Å². The van der Waals surface area contributed by atoms with Gasteiger partial charge in [-0.3, -0.25) is 0 Å². The Bertz CT molecular complexity index is 532. The van der Waals surface area contributed by atoms with E-state index in [9.17, 15) is 0 Å². The molecule has 0 bridgehead atoms. The molecule has 1 aromatic carbocycles. The summed E-state index contributed by atoms with van der Waals surface area (Å²) in [6.45, 7) is 9.04. The fourth-order valence-corrected chi connectivity index (χ4v) is 3.43. The first kappa shape index (κ1) is 12.3. The van der Waals surface area contributed by atoms with Gasteiger partial charge in [0.25, 0.3) is 0 Å². The highest BCUT2D eigenvalue weighted by Crippen LogP contribution is 2.35. The molecule has 0 fully saturated rings. The SMILES string of the molecule is Cc1cc(C)c(-c2sc(CN)nc2C)c(C)c1. The average Bonchev–Trinajstić information content (AvgIpc) is 2.59. The topological polar surface area (TPSA) is 38.9 Å². The van der Waals surface area contributed by atoms with Gasteiger partial charge in [-0.25, -0.2) is 4.98 Å². The first-order chi connectivity index (χ1) is 8.02. The van der Waals surface area contributed by atoms with Gasteiger partial charge in [-0.15, -0.1) is 11.3 Å². The van der Waals surface area contributed by atoms with E-state index < -0.39 is 0 Å². The summed E-state index contributed by atoms with van der Waals surface area (Å²) in [5.74, 6) is 0. The standard InChI is InChI=1S/C14H18N2S/c1-8-5-9(2)13(10(3)6-8)14-11(4)16-12(7-15)17-14/h5-6H,7,15H2,1-4H3. The Morgan fingerprint density at radius 1 is 1.12 bits per heavy atom. The maximum absolute atomic E-state index is 5.66. The van der Waals surface area contributed by atoms with Gasteiger partial charge >= 0.3 is 0 Å². The summed E-state index contributed by atoms with van der Waals surface area (Å²) in [4.78, 5) is 5.77. The van der Waals surface area contributed by atoms with Crippen molar-refractivity contribution in [2.75, 3.05) is 0 Å². The van der Waals surface area contributed by atoms with E-state index in [0.29, 0.717) is 6.54 Å². The summed E-state index contributed by atoms with van der Waals surface area (Å²) in [6, 6.07) is 4.45. The second kappa shape index (κ2) is 4.59. The van der Waals surface area contributed by atoms with Crippen LogP contribution in [0.5, 0.6) is 0 Å². The fraction of sp³-hybridized carbons (Fsp3) is 0.357. The molecule has 0 aliphatic rings. The molecule has 2 nitrogen and oxygen atoms in total. The Kier molecular flexibility index (Phi) is 3.31. The summed E-state index contributed by atoms with van der Waals surface area (Å²) in [7, 11) is 0.